The van der Waals surface area contributed by atoms with Gasteiger partial charge in [-0.2, -0.15) is 0 Å². The lowest BCUT2D eigenvalue weighted by atomic mass is 10.2. The summed E-state index contributed by atoms with van der Waals surface area (Å²) in [5.74, 6) is 1.23. The molecule has 2 heterocycles. The molecule has 0 aliphatic carbocycles. The van der Waals surface area contributed by atoms with Crippen LogP contribution in [-0.2, 0) is 4.74 Å². The number of benzene rings is 1. The fourth-order valence-corrected chi connectivity index (χ4v) is 2.77. The van der Waals surface area contributed by atoms with Gasteiger partial charge < -0.3 is 14.4 Å². The third-order valence-electron chi connectivity index (χ3n) is 4.42. The first-order chi connectivity index (χ1) is 12.6. The first kappa shape index (κ1) is 18.4. The van der Waals surface area contributed by atoms with Crippen LogP contribution in [0.15, 0.2) is 42.7 Å². The fourth-order valence-electron chi connectivity index (χ4n) is 2.77. The van der Waals surface area contributed by atoms with Crippen molar-refractivity contribution in [1.29, 1.82) is 0 Å². The molecule has 3 rings (SSSR count). The largest absolute Gasteiger partial charge is 0.456 e. The van der Waals surface area contributed by atoms with Crippen LogP contribution in [0, 0.1) is 6.92 Å². The van der Waals surface area contributed by atoms with Gasteiger partial charge in [0.1, 0.15) is 11.5 Å². The molecule has 0 spiro atoms. The van der Waals surface area contributed by atoms with Crippen LogP contribution in [0.25, 0.3) is 0 Å². The minimum absolute atomic E-state index is 0.0554. The molecule has 0 N–H and O–H groups in total. The first-order valence-corrected chi connectivity index (χ1v) is 8.87. The third-order valence-corrected chi connectivity index (χ3v) is 4.42. The molecule has 1 aromatic heterocycles. The van der Waals surface area contributed by atoms with Crippen LogP contribution in [0.2, 0.25) is 0 Å². The van der Waals surface area contributed by atoms with Crippen LogP contribution < -0.4 is 4.74 Å². The van der Waals surface area contributed by atoms with Gasteiger partial charge in [0.25, 0.3) is 5.91 Å². The maximum absolute atomic E-state index is 12.7. The smallest absolute Gasteiger partial charge is 0.255 e. The lowest BCUT2D eigenvalue weighted by Crippen LogP contribution is -2.41. The molecule has 1 aromatic carbocycles. The van der Waals surface area contributed by atoms with E-state index in [1.54, 1.807) is 23.4 Å². The van der Waals surface area contributed by atoms with Gasteiger partial charge in [-0.15, -0.1) is 0 Å². The predicted octanol–water partition coefficient (Wildman–Crippen LogP) is 2.59. The highest BCUT2D eigenvalue weighted by Gasteiger charge is 2.16. The molecule has 0 bridgehead atoms. The van der Waals surface area contributed by atoms with E-state index in [0.717, 1.165) is 38.6 Å². The minimum Gasteiger partial charge on any atom is -0.456 e. The molecule has 138 valence electrons. The van der Waals surface area contributed by atoms with E-state index >= 15 is 0 Å². The van der Waals surface area contributed by atoms with E-state index in [4.69, 9.17) is 9.47 Å². The summed E-state index contributed by atoms with van der Waals surface area (Å²) in [4.78, 5) is 20.8. The molecule has 0 radical (unpaired) electrons. The Bertz CT molecular complexity index is 727. The topological polar surface area (TPSA) is 54.9 Å². The molecule has 1 saturated heterocycles. The summed E-state index contributed by atoms with van der Waals surface area (Å²) in [5.41, 5.74) is 1.69. The molecule has 0 saturated carbocycles. The molecular formula is C20H25N3O3. The summed E-state index contributed by atoms with van der Waals surface area (Å²) < 4.78 is 11.2. The quantitative estimate of drug-likeness (QED) is 0.797. The van der Waals surface area contributed by atoms with Crippen molar-refractivity contribution in [3.8, 4) is 11.5 Å². The molecule has 1 aliphatic rings. The molecule has 1 amide bonds. The number of morpholine rings is 1. The number of hydrogen-bond donors (Lipinski definition) is 0. The highest BCUT2D eigenvalue weighted by molar-refractivity contribution is 5.94. The van der Waals surface area contributed by atoms with Gasteiger partial charge in [-0.25, -0.2) is 0 Å². The summed E-state index contributed by atoms with van der Waals surface area (Å²) in [6.07, 6.45) is 3.19. The van der Waals surface area contributed by atoms with E-state index in [-0.39, 0.29) is 5.91 Å². The Hall–Kier alpha value is -2.44. The van der Waals surface area contributed by atoms with Crippen molar-refractivity contribution in [3.63, 3.8) is 0 Å². The highest BCUT2D eigenvalue weighted by atomic mass is 16.5. The number of amides is 1. The normalized spacial score (nSPS) is 14.8. The SMILES string of the molecule is Cc1ccc(Oc2cncc(C(=O)N(C)CCN3CCOCC3)c2)cc1. The van der Waals surface area contributed by atoms with Gasteiger partial charge in [-0.3, -0.25) is 14.7 Å². The summed E-state index contributed by atoms with van der Waals surface area (Å²) >= 11 is 0. The van der Waals surface area contributed by atoms with Crippen molar-refractivity contribution >= 4 is 5.91 Å². The zero-order chi connectivity index (χ0) is 18.4. The summed E-state index contributed by atoms with van der Waals surface area (Å²) in [5, 5.41) is 0. The fraction of sp³-hybridized carbons (Fsp3) is 0.400. The van der Waals surface area contributed by atoms with Crippen molar-refractivity contribution < 1.29 is 14.3 Å². The Morgan fingerprint density at radius 3 is 2.65 bits per heavy atom. The Labute approximate surface area is 154 Å². The predicted molar refractivity (Wildman–Crippen MR) is 99.7 cm³/mol. The number of ether oxygens (including phenoxy) is 2. The first-order valence-electron chi connectivity index (χ1n) is 8.87. The number of hydrogen-bond acceptors (Lipinski definition) is 5. The van der Waals surface area contributed by atoms with E-state index in [1.165, 1.54) is 5.56 Å². The third kappa shape index (κ3) is 5.03. The number of nitrogens with zero attached hydrogens (tertiary/aromatic N) is 3. The Morgan fingerprint density at radius 1 is 1.19 bits per heavy atom. The van der Waals surface area contributed by atoms with E-state index < -0.39 is 0 Å². The Kier molecular flexibility index (Phi) is 6.20. The lowest BCUT2D eigenvalue weighted by Gasteiger charge is -2.28. The van der Waals surface area contributed by atoms with Crippen molar-refractivity contribution in [2.45, 2.75) is 6.92 Å². The van der Waals surface area contributed by atoms with Crippen LogP contribution in [0.1, 0.15) is 15.9 Å². The molecular weight excluding hydrogens is 330 g/mol. The number of rotatable bonds is 6. The number of carbonyl (C=O) groups excluding carboxylic acids is 1. The van der Waals surface area contributed by atoms with Gasteiger partial charge in [0.15, 0.2) is 0 Å². The molecule has 1 aliphatic heterocycles. The Balaban J connectivity index is 1.58. The average Bonchev–Trinajstić information content (AvgIpc) is 2.68. The number of likely N-dealkylation sites (N-methyl/N-ethyl adjacent to an activating group) is 1. The lowest BCUT2D eigenvalue weighted by molar-refractivity contribution is 0.0338. The zero-order valence-corrected chi connectivity index (χ0v) is 15.4. The van der Waals surface area contributed by atoms with Crippen LogP contribution in [0.5, 0.6) is 11.5 Å². The Morgan fingerprint density at radius 2 is 1.92 bits per heavy atom. The average molecular weight is 355 g/mol. The maximum atomic E-state index is 12.7. The van der Waals surface area contributed by atoms with Gasteiger partial charge >= 0.3 is 0 Å². The van der Waals surface area contributed by atoms with E-state index in [2.05, 4.69) is 9.88 Å². The summed E-state index contributed by atoms with van der Waals surface area (Å²) in [6, 6.07) is 9.51. The molecule has 6 heteroatoms. The molecule has 1 fully saturated rings. The second-order valence-electron chi connectivity index (χ2n) is 6.51. The number of aromatic nitrogens is 1. The summed E-state index contributed by atoms with van der Waals surface area (Å²) in [6.45, 7) is 6.91. The van der Waals surface area contributed by atoms with Crippen molar-refractivity contribution in [1.82, 2.24) is 14.8 Å². The van der Waals surface area contributed by atoms with Gasteiger partial charge in [0, 0.05) is 39.4 Å². The number of carbonyl (C=O) groups is 1. The van der Waals surface area contributed by atoms with E-state index in [0.29, 0.717) is 17.9 Å². The van der Waals surface area contributed by atoms with E-state index in [9.17, 15) is 4.79 Å². The molecule has 2 aromatic rings. The van der Waals surface area contributed by atoms with Crippen LogP contribution in [0.3, 0.4) is 0 Å². The number of aryl methyl sites for hydroxylation is 1. The van der Waals surface area contributed by atoms with Gasteiger partial charge in [-0.05, 0) is 25.1 Å². The maximum Gasteiger partial charge on any atom is 0.255 e. The van der Waals surface area contributed by atoms with Crippen molar-refractivity contribution in [2.75, 3.05) is 46.4 Å². The van der Waals surface area contributed by atoms with Crippen molar-refractivity contribution in [2.24, 2.45) is 0 Å². The van der Waals surface area contributed by atoms with Crippen molar-refractivity contribution in [3.05, 3.63) is 53.9 Å². The highest BCUT2D eigenvalue weighted by Crippen LogP contribution is 2.22. The molecule has 26 heavy (non-hydrogen) atoms. The molecule has 0 atom stereocenters. The summed E-state index contributed by atoms with van der Waals surface area (Å²) in [7, 11) is 1.82. The van der Waals surface area contributed by atoms with Gasteiger partial charge in [0.2, 0.25) is 0 Å². The van der Waals surface area contributed by atoms with Gasteiger partial charge in [0.05, 0.1) is 25.0 Å². The second-order valence-corrected chi connectivity index (χ2v) is 6.51. The van der Waals surface area contributed by atoms with Crippen LogP contribution in [0.4, 0.5) is 0 Å². The monoisotopic (exact) mass is 355 g/mol. The number of pyridine rings is 1. The molecule has 6 nitrogen and oxygen atoms in total. The van der Waals surface area contributed by atoms with Crippen LogP contribution in [-0.4, -0.2) is 67.1 Å². The standard InChI is InChI=1S/C20H25N3O3/c1-16-3-5-18(6-4-16)26-19-13-17(14-21-15-19)20(24)22(2)7-8-23-9-11-25-12-10-23/h3-6,13-15H,7-12H2,1-2H3. The van der Waals surface area contributed by atoms with Crippen LogP contribution >= 0.6 is 0 Å². The van der Waals surface area contributed by atoms with Gasteiger partial charge in [-0.1, -0.05) is 17.7 Å². The second kappa shape index (κ2) is 8.78. The molecule has 0 unspecified atom stereocenters. The zero-order valence-electron chi connectivity index (χ0n) is 15.4. The minimum atomic E-state index is -0.0554. The van der Waals surface area contributed by atoms with E-state index in [1.807, 2.05) is 38.2 Å².